The first-order valence-electron chi connectivity index (χ1n) is 6.91. The maximum atomic E-state index is 6.22. The minimum atomic E-state index is -0.0131. The molecule has 0 aliphatic heterocycles. The van der Waals surface area contributed by atoms with Gasteiger partial charge in [0.25, 0.3) is 0 Å². The Morgan fingerprint density at radius 1 is 1.43 bits per heavy atom. The van der Waals surface area contributed by atoms with Crippen LogP contribution >= 0.6 is 27.5 Å². The minimum absolute atomic E-state index is 0.0131. The van der Waals surface area contributed by atoms with Gasteiger partial charge in [-0.3, -0.25) is 16.0 Å². The normalized spacial score (nSPS) is 12.7. The zero-order valence-corrected chi connectivity index (χ0v) is 14.8. The molecule has 0 fully saturated rings. The smallest absolute Gasteiger partial charge is 0.0738 e. The van der Waals surface area contributed by atoms with E-state index in [1.54, 1.807) is 0 Å². The number of aryl methyl sites for hydroxylation is 3. The summed E-state index contributed by atoms with van der Waals surface area (Å²) in [5, 5.41) is 5.27. The number of aromatic nitrogens is 2. The van der Waals surface area contributed by atoms with Crippen molar-refractivity contribution in [2.45, 2.75) is 39.8 Å². The van der Waals surface area contributed by atoms with Gasteiger partial charge in [0.2, 0.25) is 0 Å². The Kier molecular flexibility index (Phi) is 5.43. The van der Waals surface area contributed by atoms with Crippen LogP contribution in [-0.4, -0.2) is 9.78 Å². The highest BCUT2D eigenvalue weighted by molar-refractivity contribution is 9.10. The molecule has 0 aliphatic carbocycles. The van der Waals surface area contributed by atoms with Crippen molar-refractivity contribution >= 4 is 27.5 Å². The zero-order valence-electron chi connectivity index (χ0n) is 12.5. The van der Waals surface area contributed by atoms with E-state index in [-0.39, 0.29) is 6.04 Å². The van der Waals surface area contributed by atoms with Gasteiger partial charge in [-0.2, -0.15) is 5.10 Å². The number of nitrogens with zero attached hydrogens (tertiary/aromatic N) is 2. The van der Waals surface area contributed by atoms with E-state index < -0.39 is 0 Å². The molecule has 2 rings (SSSR count). The molecule has 6 heteroatoms. The Bertz CT molecular complexity index is 639. The van der Waals surface area contributed by atoms with Gasteiger partial charge in [-0.25, -0.2) is 0 Å². The van der Waals surface area contributed by atoms with Crippen LogP contribution in [0, 0.1) is 13.8 Å². The van der Waals surface area contributed by atoms with Crippen molar-refractivity contribution < 1.29 is 0 Å². The minimum Gasteiger partial charge on any atom is -0.271 e. The summed E-state index contributed by atoms with van der Waals surface area (Å²) in [6.07, 6.45) is 0.741. The van der Waals surface area contributed by atoms with E-state index in [0.29, 0.717) is 0 Å². The molecule has 1 unspecified atom stereocenters. The topological polar surface area (TPSA) is 55.9 Å². The molecule has 1 aromatic carbocycles. The molecular formula is C15H20BrClN4. The molecular weight excluding hydrogens is 352 g/mol. The highest BCUT2D eigenvalue weighted by Gasteiger charge is 2.18. The number of halogens is 2. The molecule has 4 nitrogen and oxygen atoms in total. The Labute approximate surface area is 138 Å². The van der Waals surface area contributed by atoms with Gasteiger partial charge >= 0.3 is 0 Å². The lowest BCUT2D eigenvalue weighted by Crippen LogP contribution is -2.30. The number of hydrogen-bond acceptors (Lipinski definition) is 3. The quantitative estimate of drug-likeness (QED) is 0.622. The van der Waals surface area contributed by atoms with Crippen LogP contribution in [0.25, 0.3) is 0 Å². The van der Waals surface area contributed by atoms with E-state index >= 15 is 0 Å². The molecule has 1 heterocycles. The first-order chi connectivity index (χ1) is 9.97. The second-order valence-corrected chi connectivity index (χ2v) is 6.29. The van der Waals surface area contributed by atoms with Crippen LogP contribution in [0.1, 0.15) is 35.5 Å². The molecule has 1 atom stereocenters. The first-order valence-corrected chi connectivity index (χ1v) is 8.09. The van der Waals surface area contributed by atoms with Gasteiger partial charge in [-0.05, 0) is 53.9 Å². The molecule has 0 radical (unpaired) electrons. The van der Waals surface area contributed by atoms with E-state index in [1.807, 2.05) is 30.7 Å². The van der Waals surface area contributed by atoms with Gasteiger partial charge in [-0.15, -0.1) is 0 Å². The lowest BCUT2D eigenvalue weighted by Gasteiger charge is -2.18. The molecule has 114 valence electrons. The third-order valence-electron chi connectivity index (χ3n) is 3.65. The van der Waals surface area contributed by atoms with Crippen LogP contribution in [0.3, 0.4) is 0 Å². The number of hydrogen-bond donors (Lipinski definition) is 2. The van der Waals surface area contributed by atoms with E-state index in [0.717, 1.165) is 45.0 Å². The average Bonchev–Trinajstić information content (AvgIpc) is 2.75. The fraction of sp³-hybridized carbons (Fsp3) is 0.400. The van der Waals surface area contributed by atoms with Crippen molar-refractivity contribution in [1.29, 1.82) is 0 Å². The van der Waals surface area contributed by atoms with Gasteiger partial charge in [-0.1, -0.05) is 23.7 Å². The summed E-state index contributed by atoms with van der Waals surface area (Å²) in [6.45, 7) is 6.89. The van der Waals surface area contributed by atoms with Crippen molar-refractivity contribution in [3.8, 4) is 0 Å². The summed E-state index contributed by atoms with van der Waals surface area (Å²) >= 11 is 9.84. The van der Waals surface area contributed by atoms with Crippen molar-refractivity contribution in [3.05, 3.63) is 50.2 Å². The lowest BCUT2D eigenvalue weighted by molar-refractivity contribution is 0.516. The van der Waals surface area contributed by atoms with Crippen LogP contribution in [0.5, 0.6) is 0 Å². The molecule has 0 aliphatic rings. The average molecular weight is 372 g/mol. The highest BCUT2D eigenvalue weighted by Crippen LogP contribution is 2.28. The highest BCUT2D eigenvalue weighted by atomic mass is 79.9. The molecule has 0 spiro atoms. The SMILES string of the molecule is CCn1nc(C)c(Br)c1CC(NN)c1ccc(C)c(Cl)c1. The summed E-state index contributed by atoms with van der Waals surface area (Å²) in [7, 11) is 0. The fourth-order valence-electron chi connectivity index (χ4n) is 2.36. The number of benzene rings is 1. The van der Waals surface area contributed by atoms with Crippen LogP contribution in [0.4, 0.5) is 0 Å². The standard InChI is InChI=1S/C15H20BrClN4/c1-4-21-14(15(16)10(3)20-21)8-13(19-18)11-6-5-9(2)12(17)7-11/h5-7,13,19H,4,8,18H2,1-3H3. The maximum absolute atomic E-state index is 6.22. The number of nitrogens with two attached hydrogens (primary N) is 1. The molecule has 0 amide bonds. The van der Waals surface area contributed by atoms with Crippen LogP contribution in [0.2, 0.25) is 5.02 Å². The molecule has 1 aromatic heterocycles. The molecule has 0 saturated heterocycles. The van der Waals surface area contributed by atoms with Crippen LogP contribution in [0.15, 0.2) is 22.7 Å². The van der Waals surface area contributed by atoms with Gasteiger partial charge in [0.05, 0.1) is 21.9 Å². The van der Waals surface area contributed by atoms with Crippen molar-refractivity contribution in [2.24, 2.45) is 5.84 Å². The Balaban J connectivity index is 2.33. The largest absolute Gasteiger partial charge is 0.271 e. The predicted molar refractivity (Wildman–Crippen MR) is 90.3 cm³/mol. The summed E-state index contributed by atoms with van der Waals surface area (Å²) < 4.78 is 3.04. The van der Waals surface area contributed by atoms with E-state index in [4.69, 9.17) is 17.4 Å². The van der Waals surface area contributed by atoms with E-state index in [9.17, 15) is 0 Å². The Morgan fingerprint density at radius 3 is 2.71 bits per heavy atom. The van der Waals surface area contributed by atoms with E-state index in [2.05, 4.69) is 39.4 Å². The van der Waals surface area contributed by atoms with Crippen LogP contribution in [-0.2, 0) is 13.0 Å². The first kappa shape index (κ1) is 16.5. The fourth-order valence-corrected chi connectivity index (χ4v) is 2.99. The van der Waals surface area contributed by atoms with Gasteiger partial charge in [0, 0.05) is 18.0 Å². The molecule has 3 N–H and O–H groups in total. The number of hydrazine groups is 1. The zero-order chi connectivity index (χ0) is 15.6. The lowest BCUT2D eigenvalue weighted by atomic mass is 10.0. The summed E-state index contributed by atoms with van der Waals surface area (Å²) in [4.78, 5) is 0. The maximum Gasteiger partial charge on any atom is 0.0738 e. The second-order valence-electron chi connectivity index (χ2n) is 5.09. The summed E-state index contributed by atoms with van der Waals surface area (Å²) in [5.74, 6) is 5.75. The number of rotatable bonds is 5. The second kappa shape index (κ2) is 6.92. The van der Waals surface area contributed by atoms with Crippen molar-refractivity contribution in [2.75, 3.05) is 0 Å². The molecule has 0 saturated carbocycles. The third-order valence-corrected chi connectivity index (χ3v) is 5.09. The van der Waals surface area contributed by atoms with E-state index in [1.165, 1.54) is 0 Å². The van der Waals surface area contributed by atoms with Crippen LogP contribution < -0.4 is 11.3 Å². The monoisotopic (exact) mass is 370 g/mol. The Morgan fingerprint density at radius 2 is 2.14 bits per heavy atom. The molecule has 21 heavy (non-hydrogen) atoms. The summed E-state index contributed by atoms with van der Waals surface area (Å²) in [6, 6.07) is 6.02. The third kappa shape index (κ3) is 3.48. The van der Waals surface area contributed by atoms with Crippen molar-refractivity contribution in [1.82, 2.24) is 15.2 Å². The van der Waals surface area contributed by atoms with Gasteiger partial charge in [0.1, 0.15) is 0 Å². The molecule has 0 bridgehead atoms. The van der Waals surface area contributed by atoms with Gasteiger partial charge < -0.3 is 0 Å². The van der Waals surface area contributed by atoms with Gasteiger partial charge in [0.15, 0.2) is 0 Å². The number of nitrogens with one attached hydrogen (secondary N) is 1. The predicted octanol–water partition coefficient (Wildman–Crippen LogP) is 3.68. The van der Waals surface area contributed by atoms with Crippen molar-refractivity contribution in [3.63, 3.8) is 0 Å². The molecule has 2 aromatic rings. The summed E-state index contributed by atoms with van der Waals surface area (Å²) in [5.41, 5.74) is 7.14. The Hall–Kier alpha value is -0.880.